The van der Waals surface area contributed by atoms with E-state index in [4.69, 9.17) is 4.74 Å². The summed E-state index contributed by atoms with van der Waals surface area (Å²) in [5, 5.41) is 2.42. The number of benzene rings is 2. The Morgan fingerprint density at radius 2 is 1.71 bits per heavy atom. The number of carbonyl (C=O) groups excluding carboxylic acids is 1. The summed E-state index contributed by atoms with van der Waals surface area (Å²) in [7, 11) is -3.58. The number of nitrogens with one attached hydrogen (secondary N) is 2. The first-order valence-electron chi connectivity index (χ1n) is 9.23. The second-order valence-corrected chi connectivity index (χ2v) is 8.46. The summed E-state index contributed by atoms with van der Waals surface area (Å²) in [5.41, 5.74) is 0.0753. The Hall–Kier alpha value is -2.45. The molecule has 0 aromatic heterocycles. The van der Waals surface area contributed by atoms with Crippen LogP contribution in [0.2, 0.25) is 0 Å². The number of amides is 1. The number of sulfonamides is 1. The summed E-state index contributed by atoms with van der Waals surface area (Å²) in [6.07, 6.45) is 4.94. The van der Waals surface area contributed by atoms with Crippen molar-refractivity contribution in [2.75, 3.05) is 11.9 Å². The highest BCUT2D eigenvalue weighted by molar-refractivity contribution is 7.89. The van der Waals surface area contributed by atoms with Crippen molar-refractivity contribution < 1.29 is 22.3 Å². The average molecular weight is 406 g/mol. The zero-order valence-corrected chi connectivity index (χ0v) is 16.2. The minimum absolute atomic E-state index is 0.0169. The third-order valence-electron chi connectivity index (χ3n) is 4.58. The van der Waals surface area contributed by atoms with E-state index in [1.165, 1.54) is 42.5 Å². The van der Waals surface area contributed by atoms with Crippen LogP contribution in [-0.2, 0) is 14.8 Å². The van der Waals surface area contributed by atoms with Crippen LogP contribution in [0.1, 0.15) is 32.1 Å². The van der Waals surface area contributed by atoms with Crippen molar-refractivity contribution in [1.29, 1.82) is 0 Å². The van der Waals surface area contributed by atoms with Crippen LogP contribution in [0.5, 0.6) is 5.75 Å². The van der Waals surface area contributed by atoms with Gasteiger partial charge in [-0.05, 0) is 49.2 Å². The Labute approximate surface area is 164 Å². The third-order valence-corrected chi connectivity index (χ3v) is 6.12. The van der Waals surface area contributed by atoms with Gasteiger partial charge in [0.25, 0.3) is 5.91 Å². The topological polar surface area (TPSA) is 84.5 Å². The first kappa shape index (κ1) is 20.3. The zero-order chi connectivity index (χ0) is 20.0. The molecule has 0 atom stereocenters. The molecule has 1 aliphatic carbocycles. The molecule has 0 unspecified atom stereocenters. The van der Waals surface area contributed by atoms with Crippen LogP contribution in [0.25, 0.3) is 0 Å². The van der Waals surface area contributed by atoms with Gasteiger partial charge in [-0.1, -0.05) is 31.4 Å². The molecule has 0 saturated heterocycles. The maximum atomic E-state index is 13.5. The van der Waals surface area contributed by atoms with E-state index in [0.29, 0.717) is 5.75 Å². The molecule has 0 spiro atoms. The lowest BCUT2D eigenvalue weighted by molar-refractivity contribution is -0.118. The zero-order valence-electron chi connectivity index (χ0n) is 15.4. The summed E-state index contributed by atoms with van der Waals surface area (Å²) in [5.74, 6) is -0.697. The van der Waals surface area contributed by atoms with Crippen LogP contribution in [0.4, 0.5) is 10.1 Å². The molecule has 0 aliphatic heterocycles. The maximum Gasteiger partial charge on any atom is 0.262 e. The lowest BCUT2D eigenvalue weighted by atomic mass is 9.96. The van der Waals surface area contributed by atoms with Gasteiger partial charge in [-0.2, -0.15) is 0 Å². The van der Waals surface area contributed by atoms with Crippen LogP contribution in [0.3, 0.4) is 0 Å². The van der Waals surface area contributed by atoms with Gasteiger partial charge in [0.2, 0.25) is 10.0 Å². The molecule has 1 fully saturated rings. The number of carbonyl (C=O) groups is 1. The highest BCUT2D eigenvalue weighted by Crippen LogP contribution is 2.21. The molecule has 1 amide bonds. The average Bonchev–Trinajstić information content (AvgIpc) is 2.69. The second kappa shape index (κ2) is 9.16. The molecule has 0 bridgehead atoms. The van der Waals surface area contributed by atoms with E-state index < -0.39 is 21.7 Å². The van der Waals surface area contributed by atoms with E-state index in [0.717, 1.165) is 32.1 Å². The lowest BCUT2D eigenvalue weighted by Gasteiger charge is -2.22. The standard InChI is InChI=1S/C20H23FN2O4S/c21-18-8-4-5-9-19(18)22-20(24)14-27-16-10-12-17(13-11-16)28(25,26)23-15-6-2-1-3-7-15/h4-5,8-13,15,23H,1-3,6-7,14H2,(H,22,24). The van der Waals surface area contributed by atoms with Crippen LogP contribution < -0.4 is 14.8 Å². The van der Waals surface area contributed by atoms with Crippen molar-refractivity contribution in [3.8, 4) is 5.75 Å². The first-order chi connectivity index (χ1) is 13.4. The number of hydrogen-bond acceptors (Lipinski definition) is 4. The second-order valence-electron chi connectivity index (χ2n) is 6.74. The van der Waals surface area contributed by atoms with Gasteiger partial charge in [0.05, 0.1) is 10.6 Å². The predicted molar refractivity (Wildman–Crippen MR) is 104 cm³/mol. The number of rotatable bonds is 7. The number of ether oxygens (including phenoxy) is 1. The quantitative estimate of drug-likeness (QED) is 0.738. The molecule has 0 heterocycles. The molecule has 2 aromatic rings. The molecule has 0 radical (unpaired) electrons. The monoisotopic (exact) mass is 406 g/mol. The number of halogens is 1. The normalized spacial score (nSPS) is 15.2. The van der Waals surface area contributed by atoms with E-state index in [9.17, 15) is 17.6 Å². The molecular formula is C20H23FN2O4S. The Morgan fingerprint density at radius 3 is 2.39 bits per heavy atom. The molecule has 3 rings (SSSR count). The molecule has 2 N–H and O–H groups in total. The van der Waals surface area contributed by atoms with Gasteiger partial charge < -0.3 is 10.1 Å². The van der Waals surface area contributed by atoms with Crippen molar-refractivity contribution in [2.24, 2.45) is 0 Å². The number of hydrogen-bond donors (Lipinski definition) is 2. The summed E-state index contributed by atoms with van der Waals surface area (Å²) in [6, 6.07) is 11.7. The lowest BCUT2D eigenvalue weighted by Crippen LogP contribution is -2.36. The Bertz CT molecular complexity index is 910. The minimum atomic E-state index is -3.58. The van der Waals surface area contributed by atoms with Gasteiger partial charge >= 0.3 is 0 Å². The molecular weight excluding hydrogens is 383 g/mol. The van der Waals surface area contributed by atoms with Gasteiger partial charge in [-0.25, -0.2) is 17.5 Å². The SMILES string of the molecule is O=C(COc1ccc(S(=O)(=O)NC2CCCCC2)cc1)Nc1ccccc1F. The summed E-state index contributed by atoms with van der Waals surface area (Å²) < 4.78 is 46.5. The van der Waals surface area contributed by atoms with Crippen LogP contribution in [0.15, 0.2) is 53.4 Å². The molecule has 150 valence electrons. The van der Waals surface area contributed by atoms with E-state index in [1.54, 1.807) is 6.07 Å². The summed E-state index contributed by atoms with van der Waals surface area (Å²) in [4.78, 5) is 12.0. The number of para-hydroxylation sites is 1. The van der Waals surface area contributed by atoms with E-state index in [2.05, 4.69) is 10.0 Å². The smallest absolute Gasteiger partial charge is 0.262 e. The van der Waals surface area contributed by atoms with Gasteiger partial charge in [0.15, 0.2) is 6.61 Å². The Kier molecular flexibility index (Phi) is 6.64. The first-order valence-corrected chi connectivity index (χ1v) is 10.7. The minimum Gasteiger partial charge on any atom is -0.484 e. The number of anilines is 1. The molecule has 1 aliphatic rings. The van der Waals surface area contributed by atoms with Crippen molar-refractivity contribution in [1.82, 2.24) is 4.72 Å². The third kappa shape index (κ3) is 5.53. The molecule has 6 nitrogen and oxygen atoms in total. The van der Waals surface area contributed by atoms with Crippen molar-refractivity contribution >= 4 is 21.6 Å². The highest BCUT2D eigenvalue weighted by Gasteiger charge is 2.21. The van der Waals surface area contributed by atoms with Gasteiger partial charge in [0.1, 0.15) is 11.6 Å². The largest absolute Gasteiger partial charge is 0.484 e. The Balaban J connectivity index is 1.53. The van der Waals surface area contributed by atoms with E-state index >= 15 is 0 Å². The fourth-order valence-corrected chi connectivity index (χ4v) is 4.43. The molecule has 1 saturated carbocycles. The summed E-state index contributed by atoms with van der Waals surface area (Å²) in [6.45, 7) is -0.319. The highest BCUT2D eigenvalue weighted by atomic mass is 32.2. The maximum absolute atomic E-state index is 13.5. The van der Waals surface area contributed by atoms with Crippen LogP contribution in [0, 0.1) is 5.82 Å². The predicted octanol–water partition coefficient (Wildman–Crippen LogP) is 3.45. The van der Waals surface area contributed by atoms with Crippen molar-refractivity contribution in [3.05, 3.63) is 54.3 Å². The van der Waals surface area contributed by atoms with E-state index in [-0.39, 0.29) is 23.2 Å². The van der Waals surface area contributed by atoms with Gasteiger partial charge in [-0.3, -0.25) is 4.79 Å². The van der Waals surface area contributed by atoms with Crippen LogP contribution in [-0.4, -0.2) is 27.0 Å². The van der Waals surface area contributed by atoms with Gasteiger partial charge in [0, 0.05) is 6.04 Å². The van der Waals surface area contributed by atoms with Crippen LogP contribution >= 0.6 is 0 Å². The van der Waals surface area contributed by atoms with Crippen molar-refractivity contribution in [3.63, 3.8) is 0 Å². The molecule has 2 aromatic carbocycles. The molecule has 8 heteroatoms. The Morgan fingerprint density at radius 1 is 1.04 bits per heavy atom. The molecule has 28 heavy (non-hydrogen) atoms. The summed E-state index contributed by atoms with van der Waals surface area (Å²) >= 11 is 0. The fourth-order valence-electron chi connectivity index (χ4n) is 3.12. The van der Waals surface area contributed by atoms with Crippen molar-refractivity contribution in [2.45, 2.75) is 43.0 Å². The van der Waals surface area contributed by atoms with Gasteiger partial charge in [-0.15, -0.1) is 0 Å². The van der Waals surface area contributed by atoms with E-state index in [1.807, 2.05) is 0 Å². The fraction of sp³-hybridized carbons (Fsp3) is 0.350.